The molecule has 4 nitrogen and oxygen atoms in total. The minimum atomic E-state index is -0.965. The predicted octanol–water partition coefficient (Wildman–Crippen LogP) is 3.53. The maximum atomic E-state index is 11.3. The van der Waals surface area contributed by atoms with Gasteiger partial charge in [-0.15, -0.1) is 0 Å². The predicted molar refractivity (Wildman–Crippen MR) is 84.5 cm³/mol. The Morgan fingerprint density at radius 2 is 1.77 bits per heavy atom. The molecule has 0 aliphatic rings. The number of aromatic nitrogens is 1. The van der Waals surface area contributed by atoms with Crippen LogP contribution in [-0.4, -0.2) is 23.2 Å². The maximum Gasteiger partial charge on any atom is 0.337 e. The normalized spacial score (nSPS) is 10.6. The highest BCUT2D eigenvalue weighted by molar-refractivity contribution is 6.03. The number of hydrogen-bond donors (Lipinski definition) is 1. The summed E-state index contributed by atoms with van der Waals surface area (Å²) in [5.41, 5.74) is 2.08. The van der Waals surface area contributed by atoms with Gasteiger partial charge in [0, 0.05) is 23.6 Å². The third kappa shape index (κ3) is 2.51. The van der Waals surface area contributed by atoms with E-state index in [1.807, 2.05) is 48.5 Å². The zero-order valence-electron chi connectivity index (χ0n) is 12.1. The zero-order valence-corrected chi connectivity index (χ0v) is 12.1. The summed E-state index contributed by atoms with van der Waals surface area (Å²) in [5.74, 6) is -0.164. The van der Waals surface area contributed by atoms with Gasteiger partial charge < -0.3 is 9.84 Å². The van der Waals surface area contributed by atoms with E-state index in [0.29, 0.717) is 11.8 Å². The highest BCUT2D eigenvalue weighted by Crippen LogP contribution is 2.26. The van der Waals surface area contributed by atoms with E-state index in [1.54, 1.807) is 7.11 Å². The first kappa shape index (κ1) is 14.1. The first-order chi connectivity index (χ1) is 10.7. The molecule has 110 valence electrons. The molecule has 0 fully saturated rings. The van der Waals surface area contributed by atoms with Crippen molar-refractivity contribution >= 4 is 16.7 Å². The number of carbonyl (C=O) groups is 1. The van der Waals surface area contributed by atoms with Gasteiger partial charge in [-0.1, -0.05) is 42.5 Å². The number of para-hydroxylation sites is 1. The Morgan fingerprint density at radius 1 is 1.09 bits per heavy atom. The average molecular weight is 293 g/mol. The molecule has 0 spiro atoms. The van der Waals surface area contributed by atoms with Crippen molar-refractivity contribution in [2.24, 2.45) is 0 Å². The summed E-state index contributed by atoms with van der Waals surface area (Å²) in [7, 11) is 1.64. The lowest BCUT2D eigenvalue weighted by atomic mass is 10.0. The van der Waals surface area contributed by atoms with Gasteiger partial charge in [0.1, 0.15) is 5.75 Å². The monoisotopic (exact) mass is 293 g/mol. The number of benzene rings is 2. The smallest absolute Gasteiger partial charge is 0.337 e. The molecule has 0 saturated heterocycles. The standard InChI is InChI=1S/C18H15NO3/c1-22-17-9-5-2-6-12(17)10-16-14-8-4-3-7-13(14)15(11-19-16)18(20)21/h2-9,11H,10H2,1H3,(H,20,21). The largest absolute Gasteiger partial charge is 0.496 e. The van der Waals surface area contributed by atoms with Gasteiger partial charge in [0.25, 0.3) is 0 Å². The zero-order chi connectivity index (χ0) is 15.5. The van der Waals surface area contributed by atoms with Crippen LogP contribution in [0, 0.1) is 0 Å². The molecule has 2 aromatic carbocycles. The van der Waals surface area contributed by atoms with Crippen molar-refractivity contribution in [2.45, 2.75) is 6.42 Å². The van der Waals surface area contributed by atoms with Crippen molar-refractivity contribution in [3.05, 3.63) is 71.5 Å². The van der Waals surface area contributed by atoms with Gasteiger partial charge in [-0.3, -0.25) is 4.98 Å². The quantitative estimate of drug-likeness (QED) is 0.799. The molecule has 0 radical (unpaired) electrons. The van der Waals surface area contributed by atoms with Crippen LogP contribution in [-0.2, 0) is 6.42 Å². The summed E-state index contributed by atoms with van der Waals surface area (Å²) < 4.78 is 5.37. The second-order valence-electron chi connectivity index (χ2n) is 4.96. The molecule has 0 aliphatic carbocycles. The number of hydrogen-bond acceptors (Lipinski definition) is 3. The number of methoxy groups -OCH3 is 1. The Kier molecular flexibility index (Phi) is 3.74. The van der Waals surface area contributed by atoms with Crippen molar-refractivity contribution in [1.29, 1.82) is 0 Å². The van der Waals surface area contributed by atoms with E-state index < -0.39 is 5.97 Å². The fourth-order valence-electron chi connectivity index (χ4n) is 2.59. The van der Waals surface area contributed by atoms with Gasteiger partial charge >= 0.3 is 5.97 Å². The minimum Gasteiger partial charge on any atom is -0.496 e. The average Bonchev–Trinajstić information content (AvgIpc) is 2.55. The van der Waals surface area contributed by atoms with E-state index in [4.69, 9.17) is 4.74 Å². The molecule has 1 aromatic heterocycles. The first-order valence-corrected chi connectivity index (χ1v) is 6.92. The number of carboxylic acid groups (broad SMARTS) is 1. The van der Waals surface area contributed by atoms with Crippen LogP contribution in [0.3, 0.4) is 0 Å². The van der Waals surface area contributed by atoms with Gasteiger partial charge in [-0.2, -0.15) is 0 Å². The summed E-state index contributed by atoms with van der Waals surface area (Å²) >= 11 is 0. The van der Waals surface area contributed by atoms with E-state index in [9.17, 15) is 9.90 Å². The molecule has 1 heterocycles. The maximum absolute atomic E-state index is 11.3. The Hall–Kier alpha value is -2.88. The molecule has 3 rings (SSSR count). The Morgan fingerprint density at radius 3 is 2.50 bits per heavy atom. The highest BCUT2D eigenvalue weighted by Gasteiger charge is 2.13. The number of ether oxygens (including phenoxy) is 1. The molecule has 0 saturated carbocycles. The minimum absolute atomic E-state index is 0.222. The highest BCUT2D eigenvalue weighted by atomic mass is 16.5. The van der Waals surface area contributed by atoms with Crippen LogP contribution in [0.25, 0.3) is 10.8 Å². The third-order valence-electron chi connectivity index (χ3n) is 3.66. The summed E-state index contributed by atoms with van der Waals surface area (Å²) in [6.07, 6.45) is 2.01. The van der Waals surface area contributed by atoms with Gasteiger partial charge in [-0.05, 0) is 11.5 Å². The summed E-state index contributed by atoms with van der Waals surface area (Å²) in [5, 5.41) is 10.8. The van der Waals surface area contributed by atoms with E-state index in [1.165, 1.54) is 6.20 Å². The molecular formula is C18H15NO3. The fourth-order valence-corrected chi connectivity index (χ4v) is 2.59. The van der Waals surface area contributed by atoms with E-state index in [-0.39, 0.29) is 5.56 Å². The van der Waals surface area contributed by atoms with E-state index in [0.717, 1.165) is 22.4 Å². The molecule has 0 atom stereocenters. The fraction of sp³-hybridized carbons (Fsp3) is 0.111. The molecule has 1 N–H and O–H groups in total. The van der Waals surface area contributed by atoms with Crippen LogP contribution in [0.4, 0.5) is 0 Å². The number of fused-ring (bicyclic) bond motifs is 1. The number of nitrogens with zero attached hydrogens (tertiary/aromatic N) is 1. The molecule has 0 bridgehead atoms. The first-order valence-electron chi connectivity index (χ1n) is 6.92. The molecule has 0 amide bonds. The van der Waals surface area contributed by atoms with Crippen molar-refractivity contribution in [3.63, 3.8) is 0 Å². The lowest BCUT2D eigenvalue weighted by Crippen LogP contribution is -2.03. The van der Waals surface area contributed by atoms with E-state index >= 15 is 0 Å². The third-order valence-corrected chi connectivity index (χ3v) is 3.66. The second-order valence-corrected chi connectivity index (χ2v) is 4.96. The van der Waals surface area contributed by atoms with Crippen LogP contribution >= 0.6 is 0 Å². The van der Waals surface area contributed by atoms with Crippen molar-refractivity contribution in [1.82, 2.24) is 4.98 Å². The molecule has 0 unspecified atom stereocenters. The molecular weight excluding hydrogens is 278 g/mol. The Bertz CT molecular complexity index is 843. The van der Waals surface area contributed by atoms with Crippen LogP contribution in [0.15, 0.2) is 54.7 Å². The number of rotatable bonds is 4. The summed E-state index contributed by atoms with van der Waals surface area (Å²) in [6.45, 7) is 0. The lowest BCUT2D eigenvalue weighted by Gasteiger charge is -2.11. The van der Waals surface area contributed by atoms with E-state index in [2.05, 4.69) is 4.98 Å². The van der Waals surface area contributed by atoms with Crippen LogP contribution in [0.1, 0.15) is 21.6 Å². The number of carboxylic acids is 1. The van der Waals surface area contributed by atoms with Gasteiger partial charge in [0.15, 0.2) is 0 Å². The second kappa shape index (κ2) is 5.85. The number of aromatic carboxylic acids is 1. The Balaban J connectivity index is 2.12. The lowest BCUT2D eigenvalue weighted by molar-refractivity contribution is 0.0698. The van der Waals surface area contributed by atoms with Gasteiger partial charge in [0.2, 0.25) is 0 Å². The molecule has 22 heavy (non-hydrogen) atoms. The van der Waals surface area contributed by atoms with Crippen LogP contribution < -0.4 is 4.74 Å². The van der Waals surface area contributed by atoms with Crippen LogP contribution in [0.2, 0.25) is 0 Å². The summed E-state index contributed by atoms with van der Waals surface area (Å²) in [6, 6.07) is 15.2. The number of pyridine rings is 1. The van der Waals surface area contributed by atoms with Crippen molar-refractivity contribution < 1.29 is 14.6 Å². The topological polar surface area (TPSA) is 59.4 Å². The van der Waals surface area contributed by atoms with Crippen molar-refractivity contribution in [3.8, 4) is 5.75 Å². The molecule has 4 heteroatoms. The molecule has 3 aromatic rings. The Labute approximate surface area is 128 Å². The van der Waals surface area contributed by atoms with Crippen LogP contribution in [0.5, 0.6) is 5.75 Å². The SMILES string of the molecule is COc1ccccc1Cc1ncc(C(=O)O)c2ccccc12. The molecule has 0 aliphatic heterocycles. The van der Waals surface area contributed by atoms with Crippen molar-refractivity contribution in [2.75, 3.05) is 7.11 Å². The van der Waals surface area contributed by atoms with Gasteiger partial charge in [-0.25, -0.2) is 4.79 Å². The van der Waals surface area contributed by atoms with Gasteiger partial charge in [0.05, 0.1) is 18.4 Å². The summed E-state index contributed by atoms with van der Waals surface area (Å²) in [4.78, 5) is 15.7.